The Kier molecular flexibility index (Phi) is 5.42. The van der Waals surface area contributed by atoms with Gasteiger partial charge < -0.3 is 14.2 Å². The minimum atomic E-state index is -0.472. The molecule has 0 bridgehead atoms. The molecule has 0 N–H and O–H groups in total. The van der Waals surface area contributed by atoms with E-state index in [1.54, 1.807) is 34.1 Å². The Bertz CT molecular complexity index is 1120. The second kappa shape index (κ2) is 8.32. The number of rotatable bonds is 4. The molecule has 1 aliphatic rings. The van der Waals surface area contributed by atoms with Crippen LogP contribution in [-0.2, 0) is 11.3 Å². The van der Waals surface area contributed by atoms with Crippen LogP contribution in [0.1, 0.15) is 10.6 Å². The minimum Gasteiger partial charge on any atom is -0.459 e. The first-order chi connectivity index (χ1) is 14.5. The van der Waals surface area contributed by atoms with Gasteiger partial charge in [-0.05, 0) is 24.3 Å². The maximum absolute atomic E-state index is 13.9. The highest BCUT2D eigenvalue weighted by Gasteiger charge is 2.26. The van der Waals surface area contributed by atoms with E-state index in [0.29, 0.717) is 26.2 Å². The Labute approximate surface area is 171 Å². The molecule has 0 saturated carbocycles. The van der Waals surface area contributed by atoms with Crippen molar-refractivity contribution in [3.05, 3.63) is 77.0 Å². The molecular weight excluding hydrogens is 391 g/mol. The zero-order chi connectivity index (χ0) is 21.1. The van der Waals surface area contributed by atoms with Gasteiger partial charge in [-0.2, -0.15) is 0 Å². The number of benzene rings is 1. The van der Waals surface area contributed by atoms with Crippen LogP contribution in [0.25, 0.3) is 11.3 Å². The predicted molar refractivity (Wildman–Crippen MR) is 105 cm³/mol. The average molecular weight is 410 g/mol. The first-order valence-corrected chi connectivity index (χ1v) is 9.45. The van der Waals surface area contributed by atoms with Crippen molar-refractivity contribution >= 4 is 11.8 Å². The molecule has 0 spiro atoms. The van der Waals surface area contributed by atoms with Gasteiger partial charge in [-0.15, -0.1) is 0 Å². The molecule has 1 aliphatic heterocycles. The van der Waals surface area contributed by atoms with E-state index in [-0.39, 0.29) is 35.4 Å². The molecule has 2 aromatic heterocycles. The topological polar surface area (TPSA) is 88.7 Å². The third-order valence-electron chi connectivity index (χ3n) is 4.99. The highest BCUT2D eigenvalue weighted by atomic mass is 19.1. The Morgan fingerprint density at radius 1 is 1.03 bits per heavy atom. The number of nitrogens with zero attached hydrogens (tertiary/aromatic N) is 4. The number of aromatic nitrogens is 2. The number of carbonyl (C=O) groups excluding carboxylic acids is 2. The second-order valence-corrected chi connectivity index (χ2v) is 6.87. The molecule has 9 heteroatoms. The van der Waals surface area contributed by atoms with Crippen LogP contribution in [0.4, 0.5) is 4.39 Å². The number of carbonyl (C=O) groups is 2. The molecule has 8 nitrogen and oxygen atoms in total. The zero-order valence-corrected chi connectivity index (χ0v) is 16.0. The average Bonchev–Trinajstić information content (AvgIpc) is 3.30. The minimum absolute atomic E-state index is 0.171. The van der Waals surface area contributed by atoms with Crippen molar-refractivity contribution in [3.63, 3.8) is 0 Å². The van der Waals surface area contributed by atoms with E-state index in [2.05, 4.69) is 4.98 Å². The molecule has 0 atom stereocenters. The summed E-state index contributed by atoms with van der Waals surface area (Å²) >= 11 is 0. The lowest BCUT2D eigenvalue weighted by atomic mass is 10.1. The number of amides is 2. The summed E-state index contributed by atoms with van der Waals surface area (Å²) in [6.45, 7) is 1.31. The third kappa shape index (κ3) is 4.00. The highest BCUT2D eigenvalue weighted by molar-refractivity contribution is 5.91. The molecule has 4 rings (SSSR count). The lowest BCUT2D eigenvalue weighted by molar-refractivity contribution is -0.133. The summed E-state index contributed by atoms with van der Waals surface area (Å²) in [5, 5.41) is 0. The van der Waals surface area contributed by atoms with Gasteiger partial charge in [0.2, 0.25) is 5.91 Å². The van der Waals surface area contributed by atoms with E-state index in [9.17, 15) is 18.8 Å². The third-order valence-corrected chi connectivity index (χ3v) is 4.99. The van der Waals surface area contributed by atoms with E-state index in [4.69, 9.17) is 4.42 Å². The summed E-state index contributed by atoms with van der Waals surface area (Å²) in [5.74, 6) is -0.665. The first-order valence-electron chi connectivity index (χ1n) is 9.45. The van der Waals surface area contributed by atoms with Crippen LogP contribution in [0.2, 0.25) is 0 Å². The van der Waals surface area contributed by atoms with Gasteiger partial charge >= 0.3 is 0 Å². The molecule has 0 unspecified atom stereocenters. The smallest absolute Gasteiger partial charge is 0.289 e. The van der Waals surface area contributed by atoms with Crippen molar-refractivity contribution in [2.24, 2.45) is 0 Å². The first kappa shape index (κ1) is 19.6. The monoisotopic (exact) mass is 410 g/mol. The lowest BCUT2D eigenvalue weighted by Crippen LogP contribution is -2.51. The van der Waals surface area contributed by atoms with Gasteiger partial charge in [0.05, 0.1) is 18.3 Å². The van der Waals surface area contributed by atoms with Crippen molar-refractivity contribution in [1.29, 1.82) is 0 Å². The normalized spacial score (nSPS) is 14.0. The molecule has 3 heterocycles. The van der Waals surface area contributed by atoms with E-state index in [1.165, 1.54) is 35.4 Å². The van der Waals surface area contributed by atoms with Gasteiger partial charge in [-0.3, -0.25) is 19.0 Å². The van der Waals surface area contributed by atoms with Crippen LogP contribution in [-0.4, -0.2) is 57.3 Å². The number of hydrogen-bond donors (Lipinski definition) is 0. The molecule has 3 aromatic rings. The molecule has 2 amide bonds. The SMILES string of the molecule is O=C(Cn1cnc(-c2ccccc2F)cc1=O)N1CCN(C(=O)c2ccco2)CC1. The van der Waals surface area contributed by atoms with Crippen molar-refractivity contribution in [2.75, 3.05) is 26.2 Å². The van der Waals surface area contributed by atoms with Crippen molar-refractivity contribution in [2.45, 2.75) is 6.54 Å². The van der Waals surface area contributed by atoms with E-state index in [0.717, 1.165) is 0 Å². The summed E-state index contributed by atoms with van der Waals surface area (Å²) < 4.78 is 20.2. The predicted octanol–water partition coefficient (Wildman–Crippen LogP) is 1.63. The maximum atomic E-state index is 13.9. The fraction of sp³-hybridized carbons (Fsp3) is 0.238. The van der Waals surface area contributed by atoms with Crippen molar-refractivity contribution in [3.8, 4) is 11.3 Å². The summed E-state index contributed by atoms with van der Waals surface area (Å²) in [6, 6.07) is 10.5. The number of halogens is 1. The van der Waals surface area contributed by atoms with Gasteiger partial charge in [-0.1, -0.05) is 12.1 Å². The molecule has 0 aliphatic carbocycles. The quantitative estimate of drug-likeness (QED) is 0.652. The molecule has 154 valence electrons. The Hall–Kier alpha value is -3.75. The molecular formula is C21H19FN4O4. The molecule has 30 heavy (non-hydrogen) atoms. The number of piperazine rings is 1. The van der Waals surface area contributed by atoms with E-state index < -0.39 is 11.4 Å². The van der Waals surface area contributed by atoms with Gasteiger partial charge in [0, 0.05) is 37.8 Å². The van der Waals surface area contributed by atoms with Crippen LogP contribution in [0, 0.1) is 5.82 Å². The van der Waals surface area contributed by atoms with Gasteiger partial charge in [0.1, 0.15) is 12.4 Å². The summed E-state index contributed by atoms with van der Waals surface area (Å²) in [7, 11) is 0. The standard InChI is InChI=1S/C21H19FN4O4/c22-16-5-2-1-4-15(16)17-12-19(27)26(14-23-17)13-20(28)24-7-9-25(10-8-24)21(29)18-6-3-11-30-18/h1-6,11-12,14H,7-10,13H2. The Morgan fingerprint density at radius 2 is 1.77 bits per heavy atom. The van der Waals surface area contributed by atoms with Gasteiger partial charge in [0.15, 0.2) is 5.76 Å². The summed E-state index contributed by atoms with van der Waals surface area (Å²) in [6.07, 6.45) is 2.69. The van der Waals surface area contributed by atoms with E-state index >= 15 is 0 Å². The van der Waals surface area contributed by atoms with Crippen LogP contribution in [0.3, 0.4) is 0 Å². The lowest BCUT2D eigenvalue weighted by Gasteiger charge is -2.34. The fourth-order valence-corrected chi connectivity index (χ4v) is 3.32. The zero-order valence-electron chi connectivity index (χ0n) is 16.0. The van der Waals surface area contributed by atoms with Gasteiger partial charge in [0.25, 0.3) is 11.5 Å². The molecule has 1 aromatic carbocycles. The summed E-state index contributed by atoms with van der Waals surface area (Å²) in [4.78, 5) is 44.6. The largest absolute Gasteiger partial charge is 0.459 e. The fourth-order valence-electron chi connectivity index (χ4n) is 3.32. The highest BCUT2D eigenvalue weighted by Crippen LogP contribution is 2.18. The second-order valence-electron chi connectivity index (χ2n) is 6.87. The number of hydrogen-bond acceptors (Lipinski definition) is 5. The maximum Gasteiger partial charge on any atom is 0.289 e. The van der Waals surface area contributed by atoms with Crippen LogP contribution in [0.5, 0.6) is 0 Å². The van der Waals surface area contributed by atoms with Crippen LogP contribution >= 0.6 is 0 Å². The Morgan fingerprint density at radius 3 is 2.43 bits per heavy atom. The van der Waals surface area contributed by atoms with Gasteiger partial charge in [-0.25, -0.2) is 9.37 Å². The van der Waals surface area contributed by atoms with Crippen LogP contribution < -0.4 is 5.56 Å². The van der Waals surface area contributed by atoms with Crippen molar-refractivity contribution < 1.29 is 18.4 Å². The van der Waals surface area contributed by atoms with E-state index in [1.807, 2.05) is 0 Å². The van der Waals surface area contributed by atoms with Crippen molar-refractivity contribution in [1.82, 2.24) is 19.4 Å². The summed E-state index contributed by atoms with van der Waals surface area (Å²) in [5.41, 5.74) is 0.000473. The number of furan rings is 1. The molecule has 1 fully saturated rings. The Balaban J connectivity index is 1.38. The molecule has 1 saturated heterocycles. The van der Waals surface area contributed by atoms with Crippen LogP contribution in [0.15, 0.2) is 64.3 Å². The molecule has 0 radical (unpaired) electrons.